The molecule has 0 atom stereocenters. The fourth-order valence-corrected chi connectivity index (χ4v) is 8.43. The maximum atomic E-state index is 5.33. The first kappa shape index (κ1) is 35.2. The van der Waals surface area contributed by atoms with Crippen LogP contribution in [0.2, 0.25) is 0 Å². The summed E-state index contributed by atoms with van der Waals surface area (Å²) < 4.78 is 0. The lowest BCUT2D eigenvalue weighted by Gasteiger charge is -2.14. The van der Waals surface area contributed by atoms with Gasteiger partial charge in [-0.2, -0.15) is 0 Å². The predicted octanol–water partition coefficient (Wildman–Crippen LogP) is 15.0. The zero-order valence-electron chi connectivity index (χ0n) is 32.7. The van der Waals surface area contributed by atoms with E-state index in [9.17, 15) is 0 Å². The van der Waals surface area contributed by atoms with E-state index in [1.165, 1.54) is 33.0 Å². The summed E-state index contributed by atoms with van der Waals surface area (Å²) in [4.78, 5) is 15.9. The summed E-state index contributed by atoms with van der Waals surface area (Å²) in [5.41, 5.74) is 12.1. The topological polar surface area (TPSA) is 38.7 Å². The summed E-state index contributed by atoms with van der Waals surface area (Å²) in [6.07, 6.45) is 0. The van der Waals surface area contributed by atoms with Gasteiger partial charge < -0.3 is 0 Å². The van der Waals surface area contributed by atoms with Crippen molar-refractivity contribution in [3.8, 4) is 78.7 Å². The molecule has 0 saturated heterocycles. The molecule has 11 aromatic rings. The van der Waals surface area contributed by atoms with Crippen molar-refractivity contribution in [1.29, 1.82) is 0 Å². The first-order chi connectivity index (χ1) is 29.7. The lowest BCUT2D eigenvalue weighted by molar-refractivity contribution is 1.08. The molecule has 1 heterocycles. The van der Waals surface area contributed by atoms with E-state index in [-0.39, 0.29) is 0 Å². The van der Waals surface area contributed by atoms with E-state index in [1.54, 1.807) is 0 Å². The molecule has 1 aromatic heterocycles. The van der Waals surface area contributed by atoms with Gasteiger partial charge in [0.1, 0.15) is 0 Å². The molecule has 0 aliphatic carbocycles. The quantitative estimate of drug-likeness (QED) is 0.162. The molecule has 10 aromatic carbocycles. The van der Waals surface area contributed by atoms with Crippen LogP contribution in [0.15, 0.2) is 224 Å². The minimum atomic E-state index is 0.621. The van der Waals surface area contributed by atoms with Crippen LogP contribution in [0, 0.1) is 0 Å². The molecule has 0 aliphatic rings. The Kier molecular flexibility index (Phi) is 8.83. The molecular formula is C57H37N3. The van der Waals surface area contributed by atoms with Gasteiger partial charge in [-0.15, -0.1) is 0 Å². The second-order valence-electron chi connectivity index (χ2n) is 15.3. The normalized spacial score (nSPS) is 11.3. The molecule has 60 heavy (non-hydrogen) atoms. The van der Waals surface area contributed by atoms with Crippen LogP contribution in [0.25, 0.3) is 111 Å². The summed E-state index contributed by atoms with van der Waals surface area (Å²) in [5, 5.41) is 6.89. The molecule has 0 unspecified atom stereocenters. The first-order valence-electron chi connectivity index (χ1n) is 20.3. The van der Waals surface area contributed by atoms with Gasteiger partial charge in [-0.3, -0.25) is 0 Å². The van der Waals surface area contributed by atoms with Gasteiger partial charge in [-0.05, 0) is 119 Å². The van der Waals surface area contributed by atoms with Gasteiger partial charge in [-0.25, -0.2) is 15.0 Å². The molecule has 0 amide bonds. The lowest BCUT2D eigenvalue weighted by atomic mass is 9.93. The average molecular weight is 764 g/mol. The van der Waals surface area contributed by atoms with E-state index >= 15 is 0 Å². The van der Waals surface area contributed by atoms with Crippen molar-refractivity contribution in [1.82, 2.24) is 15.0 Å². The number of nitrogens with zero attached hydrogens (tertiary/aromatic N) is 3. The Morgan fingerprint density at radius 1 is 0.200 bits per heavy atom. The van der Waals surface area contributed by atoms with Crippen LogP contribution in [-0.4, -0.2) is 15.0 Å². The van der Waals surface area contributed by atoms with Crippen LogP contribution in [0.1, 0.15) is 0 Å². The molecule has 0 aliphatic heterocycles. The average Bonchev–Trinajstić information content (AvgIpc) is 3.33. The zero-order valence-corrected chi connectivity index (χ0v) is 32.7. The molecule has 0 radical (unpaired) electrons. The first-order valence-corrected chi connectivity index (χ1v) is 20.3. The van der Waals surface area contributed by atoms with Crippen molar-refractivity contribution >= 4 is 32.3 Å². The van der Waals surface area contributed by atoms with Gasteiger partial charge in [0.25, 0.3) is 0 Å². The molecule has 0 N–H and O–H groups in total. The number of hydrogen-bond acceptors (Lipinski definition) is 3. The van der Waals surface area contributed by atoms with Crippen molar-refractivity contribution in [3.05, 3.63) is 224 Å². The highest BCUT2D eigenvalue weighted by atomic mass is 15.0. The number of benzene rings is 10. The van der Waals surface area contributed by atoms with Gasteiger partial charge >= 0.3 is 0 Å². The van der Waals surface area contributed by atoms with Gasteiger partial charge in [-0.1, -0.05) is 182 Å². The molecule has 0 spiro atoms. The second-order valence-corrected chi connectivity index (χ2v) is 15.3. The highest BCUT2D eigenvalue weighted by Crippen LogP contribution is 2.38. The van der Waals surface area contributed by atoms with Crippen molar-refractivity contribution in [2.24, 2.45) is 0 Å². The Morgan fingerprint density at radius 3 is 1.15 bits per heavy atom. The fraction of sp³-hybridized carbons (Fsp3) is 0. The minimum Gasteiger partial charge on any atom is -0.208 e. The fourth-order valence-electron chi connectivity index (χ4n) is 8.43. The Hall–Kier alpha value is -8.01. The van der Waals surface area contributed by atoms with Gasteiger partial charge in [0.15, 0.2) is 17.5 Å². The van der Waals surface area contributed by atoms with Gasteiger partial charge in [0.05, 0.1) is 0 Å². The second kappa shape index (κ2) is 15.1. The Bertz CT molecular complexity index is 3360. The number of fused-ring (bicyclic) bond motifs is 3. The highest BCUT2D eigenvalue weighted by Gasteiger charge is 2.18. The maximum Gasteiger partial charge on any atom is 0.164 e. The van der Waals surface area contributed by atoms with Crippen LogP contribution >= 0.6 is 0 Å². The molecule has 11 rings (SSSR count). The van der Waals surface area contributed by atoms with E-state index in [1.807, 2.05) is 0 Å². The zero-order chi connectivity index (χ0) is 39.8. The van der Waals surface area contributed by atoms with E-state index in [0.29, 0.717) is 17.5 Å². The maximum absolute atomic E-state index is 5.33. The number of rotatable bonds is 7. The number of aromatic nitrogens is 3. The van der Waals surface area contributed by atoms with Crippen molar-refractivity contribution in [3.63, 3.8) is 0 Å². The molecule has 280 valence electrons. The van der Waals surface area contributed by atoms with Crippen LogP contribution in [0.3, 0.4) is 0 Å². The third-order valence-corrected chi connectivity index (χ3v) is 11.4. The number of hydrogen-bond donors (Lipinski definition) is 0. The summed E-state index contributed by atoms with van der Waals surface area (Å²) in [7, 11) is 0. The molecule has 3 nitrogen and oxygen atoms in total. The smallest absolute Gasteiger partial charge is 0.164 e. The van der Waals surface area contributed by atoms with Gasteiger partial charge in [0, 0.05) is 16.7 Å². The summed E-state index contributed by atoms with van der Waals surface area (Å²) in [6, 6.07) is 79.6. The third-order valence-electron chi connectivity index (χ3n) is 11.4. The Labute approximate surface area is 349 Å². The van der Waals surface area contributed by atoms with Crippen LogP contribution in [0.4, 0.5) is 0 Å². The standard InChI is InChI=1S/C57H37N3/c1-4-15-38(16-5-1)41-23-14-24-47(32-41)54-37-50(35-46-22-11-13-26-52(46)54)57-59-55(48-30-29-43-31-42(27-28-44(43)33-48)39-17-6-2-7-18-39)58-56(60-57)49-34-45-21-10-12-25-51(45)53(36-49)40-19-8-3-9-20-40/h1-37H. The van der Waals surface area contributed by atoms with E-state index < -0.39 is 0 Å². The minimum absolute atomic E-state index is 0.621. The third kappa shape index (κ3) is 6.68. The van der Waals surface area contributed by atoms with Crippen LogP contribution in [-0.2, 0) is 0 Å². The van der Waals surface area contributed by atoms with Crippen molar-refractivity contribution in [2.75, 3.05) is 0 Å². The molecule has 0 bridgehead atoms. The van der Waals surface area contributed by atoms with E-state index in [0.717, 1.165) is 60.5 Å². The molecular weight excluding hydrogens is 727 g/mol. The SMILES string of the molecule is c1ccc(-c2cccc(-c3cc(-c4nc(-c5ccc6cc(-c7ccccc7)ccc6c5)nc(-c5cc(-c6ccccc6)c6ccccc6c5)n4)cc4ccccc34)c2)cc1. The van der Waals surface area contributed by atoms with Crippen LogP contribution < -0.4 is 0 Å². The van der Waals surface area contributed by atoms with Crippen molar-refractivity contribution < 1.29 is 0 Å². The highest BCUT2D eigenvalue weighted by molar-refractivity contribution is 6.02. The molecule has 0 fully saturated rings. The van der Waals surface area contributed by atoms with Crippen molar-refractivity contribution in [2.45, 2.75) is 0 Å². The summed E-state index contributed by atoms with van der Waals surface area (Å²) >= 11 is 0. The largest absolute Gasteiger partial charge is 0.208 e. The Morgan fingerprint density at radius 2 is 0.583 bits per heavy atom. The van der Waals surface area contributed by atoms with Crippen LogP contribution in [0.5, 0.6) is 0 Å². The van der Waals surface area contributed by atoms with E-state index in [2.05, 4.69) is 224 Å². The summed E-state index contributed by atoms with van der Waals surface area (Å²) in [6.45, 7) is 0. The lowest BCUT2D eigenvalue weighted by Crippen LogP contribution is -2.01. The Balaban J connectivity index is 1.11. The van der Waals surface area contributed by atoms with Gasteiger partial charge in [0.2, 0.25) is 0 Å². The summed E-state index contributed by atoms with van der Waals surface area (Å²) in [5.74, 6) is 1.87. The predicted molar refractivity (Wildman–Crippen MR) is 250 cm³/mol. The molecule has 3 heteroatoms. The monoisotopic (exact) mass is 763 g/mol. The molecule has 0 saturated carbocycles. The van der Waals surface area contributed by atoms with E-state index in [4.69, 9.17) is 15.0 Å².